The molecule has 0 radical (unpaired) electrons. The molecule has 1 fully saturated rings. The van der Waals surface area contributed by atoms with Crippen molar-refractivity contribution in [2.75, 3.05) is 6.54 Å². The van der Waals surface area contributed by atoms with Crippen molar-refractivity contribution in [3.63, 3.8) is 0 Å². The molecule has 0 atom stereocenters. The van der Waals surface area contributed by atoms with Crippen molar-refractivity contribution in [2.24, 2.45) is 18.0 Å². The molecule has 1 aromatic rings. The number of nitrogens with zero attached hydrogens (tertiary/aromatic N) is 4. The minimum Gasteiger partial charge on any atom is -0.357 e. The fourth-order valence-corrected chi connectivity index (χ4v) is 2.52. The molecule has 1 saturated carbocycles. The number of rotatable bonds is 4. The van der Waals surface area contributed by atoms with Crippen LogP contribution in [0.3, 0.4) is 0 Å². The molecule has 0 saturated heterocycles. The average molecular weight is 278 g/mol. The molecule has 1 aromatic heterocycles. The van der Waals surface area contributed by atoms with Crippen molar-refractivity contribution in [3.8, 4) is 0 Å². The van der Waals surface area contributed by atoms with Gasteiger partial charge in [-0.05, 0) is 38.5 Å². The second kappa shape index (κ2) is 7.26. The van der Waals surface area contributed by atoms with Crippen LogP contribution in [-0.4, -0.2) is 33.3 Å². The van der Waals surface area contributed by atoms with Crippen molar-refractivity contribution in [2.45, 2.75) is 52.1 Å². The largest absolute Gasteiger partial charge is 0.357 e. The molecule has 2 N–H and O–H groups in total. The van der Waals surface area contributed by atoms with E-state index in [1.165, 1.54) is 25.7 Å². The lowest BCUT2D eigenvalue weighted by atomic mass is 9.87. The first-order chi connectivity index (χ1) is 9.69. The Morgan fingerprint density at radius 2 is 2.15 bits per heavy atom. The summed E-state index contributed by atoms with van der Waals surface area (Å²) >= 11 is 0. The minimum absolute atomic E-state index is 0.545. The molecule has 0 aliphatic heterocycles. The van der Waals surface area contributed by atoms with E-state index < -0.39 is 0 Å². The molecule has 6 nitrogen and oxygen atoms in total. The molecular formula is C14H26N6. The highest BCUT2D eigenvalue weighted by Gasteiger charge is 2.18. The van der Waals surface area contributed by atoms with E-state index in [-0.39, 0.29) is 0 Å². The van der Waals surface area contributed by atoms with Crippen LogP contribution in [0.4, 0.5) is 0 Å². The number of hydrogen-bond donors (Lipinski definition) is 2. The van der Waals surface area contributed by atoms with Crippen LogP contribution in [0.25, 0.3) is 0 Å². The zero-order valence-corrected chi connectivity index (χ0v) is 12.8. The van der Waals surface area contributed by atoms with Gasteiger partial charge in [0, 0.05) is 19.6 Å². The molecule has 2 rings (SSSR count). The average Bonchev–Trinajstić information content (AvgIpc) is 2.84. The van der Waals surface area contributed by atoms with Crippen LogP contribution in [-0.2, 0) is 13.6 Å². The number of aromatic nitrogens is 3. The molecule has 6 heteroatoms. The van der Waals surface area contributed by atoms with Gasteiger partial charge in [0.15, 0.2) is 11.8 Å². The lowest BCUT2D eigenvalue weighted by Gasteiger charge is -2.28. The molecule has 1 aliphatic carbocycles. The molecule has 0 aromatic carbocycles. The number of nitrogens with one attached hydrogen (secondary N) is 2. The van der Waals surface area contributed by atoms with Crippen LogP contribution >= 0.6 is 0 Å². The topological polar surface area (TPSA) is 67.1 Å². The highest BCUT2D eigenvalue weighted by molar-refractivity contribution is 5.80. The molecule has 0 spiro atoms. The van der Waals surface area contributed by atoms with Gasteiger partial charge in [0.25, 0.3) is 0 Å². The van der Waals surface area contributed by atoms with E-state index in [4.69, 9.17) is 0 Å². The van der Waals surface area contributed by atoms with Gasteiger partial charge in [-0.3, -0.25) is 0 Å². The van der Waals surface area contributed by atoms with Crippen LogP contribution in [0, 0.1) is 5.92 Å². The minimum atomic E-state index is 0.545. The Balaban J connectivity index is 1.90. The summed E-state index contributed by atoms with van der Waals surface area (Å²) in [5.74, 6) is 2.63. The first-order valence-electron chi connectivity index (χ1n) is 7.56. The monoisotopic (exact) mass is 278 g/mol. The van der Waals surface area contributed by atoms with E-state index in [0.29, 0.717) is 12.6 Å². The molecule has 1 heterocycles. The van der Waals surface area contributed by atoms with Crippen LogP contribution in [0.2, 0.25) is 0 Å². The van der Waals surface area contributed by atoms with Crippen LogP contribution < -0.4 is 10.6 Å². The Morgan fingerprint density at radius 3 is 2.75 bits per heavy atom. The maximum absolute atomic E-state index is 4.60. The lowest BCUT2D eigenvalue weighted by molar-refractivity contribution is 0.329. The summed E-state index contributed by atoms with van der Waals surface area (Å²) in [6.45, 7) is 5.84. The van der Waals surface area contributed by atoms with Gasteiger partial charge in [-0.25, -0.2) is 4.99 Å². The van der Waals surface area contributed by atoms with Crippen molar-refractivity contribution in [1.82, 2.24) is 25.4 Å². The fourth-order valence-electron chi connectivity index (χ4n) is 2.52. The zero-order valence-electron chi connectivity index (χ0n) is 12.8. The van der Waals surface area contributed by atoms with Crippen molar-refractivity contribution < 1.29 is 0 Å². The molecular weight excluding hydrogens is 252 g/mol. The third-order valence-electron chi connectivity index (χ3n) is 3.88. The van der Waals surface area contributed by atoms with E-state index in [1.54, 1.807) is 6.33 Å². The van der Waals surface area contributed by atoms with Crippen LogP contribution in [0.5, 0.6) is 0 Å². The van der Waals surface area contributed by atoms with Gasteiger partial charge < -0.3 is 15.2 Å². The lowest BCUT2D eigenvalue weighted by Crippen LogP contribution is -2.44. The second-order valence-electron chi connectivity index (χ2n) is 5.65. The second-order valence-corrected chi connectivity index (χ2v) is 5.65. The quantitative estimate of drug-likeness (QED) is 0.646. The van der Waals surface area contributed by atoms with E-state index >= 15 is 0 Å². The molecule has 1 aliphatic rings. The van der Waals surface area contributed by atoms with Gasteiger partial charge in [-0.15, -0.1) is 10.2 Å². The molecule has 112 valence electrons. The summed E-state index contributed by atoms with van der Waals surface area (Å²) < 4.78 is 1.90. The maximum atomic E-state index is 4.60. The summed E-state index contributed by atoms with van der Waals surface area (Å²) in [6, 6.07) is 0.545. The third kappa shape index (κ3) is 4.21. The summed E-state index contributed by atoms with van der Waals surface area (Å²) in [5, 5.41) is 14.8. The Morgan fingerprint density at radius 1 is 1.40 bits per heavy atom. The molecule has 0 unspecified atom stereocenters. The highest BCUT2D eigenvalue weighted by atomic mass is 15.3. The van der Waals surface area contributed by atoms with E-state index in [2.05, 4.69) is 39.7 Å². The normalized spacial score (nSPS) is 23.6. The zero-order chi connectivity index (χ0) is 14.4. The first kappa shape index (κ1) is 14.8. The van der Waals surface area contributed by atoms with Gasteiger partial charge in [0.2, 0.25) is 0 Å². The number of hydrogen-bond acceptors (Lipinski definition) is 3. The summed E-state index contributed by atoms with van der Waals surface area (Å²) in [5.41, 5.74) is 0. The van der Waals surface area contributed by atoms with Gasteiger partial charge in [0.05, 0.1) is 0 Å². The molecule has 0 bridgehead atoms. The van der Waals surface area contributed by atoms with Gasteiger partial charge in [0.1, 0.15) is 12.9 Å². The summed E-state index contributed by atoms with van der Waals surface area (Å²) in [6.07, 6.45) is 6.78. The predicted octanol–water partition coefficient (Wildman–Crippen LogP) is 1.45. The van der Waals surface area contributed by atoms with Gasteiger partial charge in [-0.1, -0.05) is 6.92 Å². The Labute approximate surface area is 121 Å². The Kier molecular flexibility index (Phi) is 5.38. The predicted molar refractivity (Wildman–Crippen MR) is 80.4 cm³/mol. The fraction of sp³-hybridized carbons (Fsp3) is 0.786. The van der Waals surface area contributed by atoms with Crippen molar-refractivity contribution >= 4 is 5.96 Å². The number of aryl methyl sites for hydroxylation is 1. The summed E-state index contributed by atoms with van der Waals surface area (Å²) in [7, 11) is 1.94. The summed E-state index contributed by atoms with van der Waals surface area (Å²) in [4.78, 5) is 4.60. The van der Waals surface area contributed by atoms with E-state index in [1.807, 2.05) is 11.6 Å². The third-order valence-corrected chi connectivity index (χ3v) is 3.88. The number of aliphatic imine (C=N–C) groups is 1. The van der Waals surface area contributed by atoms with E-state index in [0.717, 1.165) is 24.2 Å². The standard InChI is InChI=1S/C14H26N6/c1-4-15-14(16-9-13-19-17-10-20(13)3)18-12-7-5-11(2)6-8-12/h10-12H,4-9H2,1-3H3,(H2,15,16,18). The number of guanidine groups is 1. The SMILES string of the molecule is CCNC(=NCc1nncn1C)NC1CCC(C)CC1. The Bertz CT molecular complexity index is 431. The first-order valence-corrected chi connectivity index (χ1v) is 7.56. The highest BCUT2D eigenvalue weighted by Crippen LogP contribution is 2.23. The molecule has 0 amide bonds. The van der Waals surface area contributed by atoms with E-state index in [9.17, 15) is 0 Å². The van der Waals surface area contributed by atoms with Crippen molar-refractivity contribution in [1.29, 1.82) is 0 Å². The van der Waals surface area contributed by atoms with Crippen LogP contribution in [0.1, 0.15) is 45.4 Å². The molecule has 20 heavy (non-hydrogen) atoms. The smallest absolute Gasteiger partial charge is 0.191 e. The Hall–Kier alpha value is -1.59. The van der Waals surface area contributed by atoms with Crippen molar-refractivity contribution in [3.05, 3.63) is 12.2 Å². The van der Waals surface area contributed by atoms with Gasteiger partial charge >= 0.3 is 0 Å². The van der Waals surface area contributed by atoms with Crippen LogP contribution in [0.15, 0.2) is 11.3 Å². The maximum Gasteiger partial charge on any atom is 0.191 e. The van der Waals surface area contributed by atoms with Gasteiger partial charge in [-0.2, -0.15) is 0 Å².